The molecule has 0 spiro atoms. The third-order valence-electron chi connectivity index (χ3n) is 2.20. The predicted octanol–water partition coefficient (Wildman–Crippen LogP) is 3.83. The predicted molar refractivity (Wildman–Crippen MR) is 66.0 cm³/mol. The van der Waals surface area contributed by atoms with Crippen LogP contribution in [0.3, 0.4) is 0 Å². The van der Waals surface area contributed by atoms with Gasteiger partial charge < -0.3 is 9.62 Å². The number of benzene rings is 1. The molecule has 0 aliphatic carbocycles. The average Bonchev–Trinajstić information content (AvgIpc) is 2.67. The molecule has 82 valence electrons. The van der Waals surface area contributed by atoms with Crippen molar-refractivity contribution in [3.8, 4) is 11.3 Å². The lowest BCUT2D eigenvalue weighted by Gasteiger charge is -2.01. The summed E-state index contributed by atoms with van der Waals surface area (Å²) in [5.41, 5.74) is 2.16. The molecule has 0 aliphatic heterocycles. The van der Waals surface area contributed by atoms with Gasteiger partial charge in [-0.05, 0) is 36.8 Å². The van der Waals surface area contributed by atoms with Crippen LogP contribution in [0, 0.1) is 6.92 Å². The number of nitrogens with zero attached hydrogens (tertiary/aromatic N) is 1. The Kier molecular flexibility index (Phi) is 3.10. The highest BCUT2D eigenvalue weighted by atomic mass is 79.9. The van der Waals surface area contributed by atoms with Gasteiger partial charge in [-0.3, -0.25) is 0 Å². The average molecular weight is 280 g/mol. The number of hydrogen-bond acceptors (Lipinski definition) is 3. The van der Waals surface area contributed by atoms with Crippen LogP contribution < -0.4 is 0 Å². The Morgan fingerprint density at radius 2 is 2.12 bits per heavy atom. The summed E-state index contributed by atoms with van der Waals surface area (Å²) >= 11 is 3.49. The van der Waals surface area contributed by atoms with Gasteiger partial charge in [0.25, 0.3) is 0 Å². The van der Waals surface area contributed by atoms with E-state index < -0.39 is 0 Å². The largest absolute Gasteiger partial charge is 0.455 e. The van der Waals surface area contributed by atoms with E-state index >= 15 is 0 Å². The molecule has 2 rings (SSSR count). The normalized spacial score (nSPS) is 11.1. The van der Waals surface area contributed by atoms with Crippen LogP contribution in [0.4, 0.5) is 0 Å². The van der Waals surface area contributed by atoms with Crippen LogP contribution in [0.2, 0.25) is 0 Å². The summed E-state index contributed by atoms with van der Waals surface area (Å²) in [6, 6.07) is 9.62. The molecule has 16 heavy (non-hydrogen) atoms. The van der Waals surface area contributed by atoms with E-state index in [9.17, 15) is 0 Å². The number of aryl methyl sites for hydroxylation is 1. The van der Waals surface area contributed by atoms with Crippen LogP contribution >= 0.6 is 15.9 Å². The van der Waals surface area contributed by atoms with E-state index in [1.807, 2.05) is 31.2 Å². The van der Waals surface area contributed by atoms with E-state index in [4.69, 9.17) is 9.62 Å². The zero-order valence-electron chi connectivity index (χ0n) is 8.64. The molecule has 1 aromatic heterocycles. The Morgan fingerprint density at radius 1 is 1.31 bits per heavy atom. The summed E-state index contributed by atoms with van der Waals surface area (Å²) in [4.78, 5) is 0. The minimum Gasteiger partial charge on any atom is -0.455 e. The van der Waals surface area contributed by atoms with Gasteiger partial charge in [0.05, 0.1) is 0 Å². The summed E-state index contributed by atoms with van der Waals surface area (Å²) in [6.07, 6.45) is 1.26. The Balaban J connectivity index is 2.42. The van der Waals surface area contributed by atoms with Crippen LogP contribution in [0.25, 0.3) is 11.3 Å². The van der Waals surface area contributed by atoms with Gasteiger partial charge in [-0.25, -0.2) is 0 Å². The second kappa shape index (κ2) is 4.53. The van der Waals surface area contributed by atoms with Crippen LogP contribution in [-0.4, -0.2) is 11.4 Å². The zero-order chi connectivity index (χ0) is 11.5. The molecule has 3 nitrogen and oxygen atoms in total. The highest BCUT2D eigenvalue weighted by Crippen LogP contribution is 2.30. The van der Waals surface area contributed by atoms with Crippen LogP contribution in [0.5, 0.6) is 0 Å². The van der Waals surface area contributed by atoms with Gasteiger partial charge in [-0.2, -0.15) is 0 Å². The molecule has 1 heterocycles. The summed E-state index contributed by atoms with van der Waals surface area (Å²) in [5.74, 6) is 1.26. The molecule has 0 amide bonds. The fourth-order valence-electron chi connectivity index (χ4n) is 1.44. The highest BCUT2D eigenvalue weighted by Gasteiger charge is 2.07. The molecule has 1 aromatic carbocycles. The number of furan rings is 1. The molecule has 1 N–H and O–H groups in total. The molecular formula is C12H10BrNO2. The van der Waals surface area contributed by atoms with Crippen molar-refractivity contribution in [3.05, 3.63) is 46.1 Å². The minimum absolute atomic E-state index is 0.518. The van der Waals surface area contributed by atoms with E-state index in [2.05, 4.69) is 21.1 Å². The van der Waals surface area contributed by atoms with Crippen LogP contribution in [0.1, 0.15) is 11.3 Å². The van der Waals surface area contributed by atoms with E-state index in [0.29, 0.717) is 5.76 Å². The van der Waals surface area contributed by atoms with Gasteiger partial charge in [0.15, 0.2) is 0 Å². The summed E-state index contributed by atoms with van der Waals surface area (Å²) in [7, 11) is 0. The molecule has 0 unspecified atom stereocenters. The fourth-order valence-corrected chi connectivity index (χ4v) is 2.13. The van der Waals surface area contributed by atoms with Crippen molar-refractivity contribution < 1.29 is 9.62 Å². The van der Waals surface area contributed by atoms with Crippen LogP contribution in [-0.2, 0) is 0 Å². The maximum atomic E-state index is 8.39. The first-order valence-corrected chi connectivity index (χ1v) is 5.54. The molecule has 0 radical (unpaired) electrons. The summed E-state index contributed by atoms with van der Waals surface area (Å²) in [6.45, 7) is 2.03. The molecule has 0 saturated heterocycles. The highest BCUT2D eigenvalue weighted by molar-refractivity contribution is 9.10. The van der Waals surface area contributed by atoms with E-state index in [1.54, 1.807) is 6.07 Å². The van der Waals surface area contributed by atoms with E-state index in [-0.39, 0.29) is 0 Å². The van der Waals surface area contributed by atoms with Crippen LogP contribution in [0.15, 0.2) is 44.4 Å². The van der Waals surface area contributed by atoms with Crippen molar-refractivity contribution >= 4 is 22.1 Å². The smallest absolute Gasteiger partial charge is 0.149 e. The van der Waals surface area contributed by atoms with Gasteiger partial charge in [-0.15, -0.1) is 0 Å². The minimum atomic E-state index is 0.518. The first-order chi connectivity index (χ1) is 7.70. The fraction of sp³-hybridized carbons (Fsp3) is 0.0833. The van der Waals surface area contributed by atoms with Gasteiger partial charge >= 0.3 is 0 Å². The first-order valence-electron chi connectivity index (χ1n) is 4.74. The Labute approximate surface area is 102 Å². The molecule has 2 aromatic rings. The van der Waals surface area contributed by atoms with Crippen molar-refractivity contribution in [2.24, 2.45) is 5.16 Å². The molecule has 0 saturated carbocycles. The summed E-state index contributed by atoms with van der Waals surface area (Å²) in [5, 5.41) is 11.3. The number of hydrogen-bond donors (Lipinski definition) is 1. The van der Waals surface area contributed by atoms with Gasteiger partial charge in [0.1, 0.15) is 17.7 Å². The number of rotatable bonds is 2. The molecular weight excluding hydrogens is 270 g/mol. The third-order valence-corrected chi connectivity index (χ3v) is 2.86. The lowest BCUT2D eigenvalue weighted by molar-refractivity contribution is 0.321. The summed E-state index contributed by atoms with van der Waals surface area (Å²) < 4.78 is 6.47. The van der Waals surface area contributed by atoms with E-state index in [0.717, 1.165) is 15.8 Å². The molecule has 0 aliphatic rings. The van der Waals surface area contributed by atoms with Gasteiger partial charge in [-0.1, -0.05) is 27.2 Å². The SMILES string of the molecule is Cc1ccc(-c2ccc(C=NO)o2)c(Br)c1. The number of oxime groups is 1. The van der Waals surface area contributed by atoms with Gasteiger partial charge in [0.2, 0.25) is 0 Å². The molecule has 0 fully saturated rings. The van der Waals surface area contributed by atoms with Crippen molar-refractivity contribution in [2.75, 3.05) is 0 Å². The standard InChI is InChI=1S/C12H10BrNO2/c1-8-2-4-10(11(13)6-8)12-5-3-9(16-12)7-14-15/h2-7,15H,1H3. The maximum Gasteiger partial charge on any atom is 0.149 e. The van der Waals surface area contributed by atoms with Crippen molar-refractivity contribution in [3.63, 3.8) is 0 Å². The van der Waals surface area contributed by atoms with Crippen molar-refractivity contribution in [1.29, 1.82) is 0 Å². The maximum absolute atomic E-state index is 8.39. The second-order valence-corrected chi connectivity index (χ2v) is 4.28. The first kappa shape index (κ1) is 11.0. The number of halogens is 1. The lowest BCUT2D eigenvalue weighted by Crippen LogP contribution is -1.79. The Hall–Kier alpha value is -1.55. The van der Waals surface area contributed by atoms with Crippen molar-refractivity contribution in [2.45, 2.75) is 6.92 Å². The second-order valence-electron chi connectivity index (χ2n) is 3.43. The molecule has 0 atom stereocenters. The molecule has 4 heteroatoms. The van der Waals surface area contributed by atoms with Crippen molar-refractivity contribution in [1.82, 2.24) is 0 Å². The van der Waals surface area contributed by atoms with Gasteiger partial charge in [0, 0.05) is 10.0 Å². The topological polar surface area (TPSA) is 45.7 Å². The Morgan fingerprint density at radius 3 is 2.81 bits per heavy atom. The van der Waals surface area contributed by atoms with E-state index in [1.165, 1.54) is 11.8 Å². The Bertz CT molecular complexity index is 532. The lowest BCUT2D eigenvalue weighted by atomic mass is 10.1. The third kappa shape index (κ3) is 2.17. The molecule has 0 bridgehead atoms. The zero-order valence-corrected chi connectivity index (χ0v) is 10.2. The monoisotopic (exact) mass is 279 g/mol. The quantitative estimate of drug-likeness (QED) is 0.516.